The third-order valence-electron chi connectivity index (χ3n) is 4.91. The predicted octanol–water partition coefficient (Wildman–Crippen LogP) is 2.07. The van der Waals surface area contributed by atoms with Crippen molar-refractivity contribution >= 4 is 34.8 Å². The Bertz CT molecular complexity index is 1150. The highest BCUT2D eigenvalue weighted by molar-refractivity contribution is 6.13. The highest BCUT2D eigenvalue weighted by atomic mass is 16.5. The maximum atomic E-state index is 12.6. The summed E-state index contributed by atoms with van der Waals surface area (Å²) >= 11 is 0. The lowest BCUT2D eigenvalue weighted by Crippen LogP contribution is -2.38. The first-order valence-corrected chi connectivity index (χ1v) is 9.07. The summed E-state index contributed by atoms with van der Waals surface area (Å²) in [6.45, 7) is 0.485. The van der Waals surface area contributed by atoms with Crippen molar-refractivity contribution in [3.63, 3.8) is 0 Å². The minimum absolute atomic E-state index is 0.261. The molecule has 0 aliphatic carbocycles. The van der Waals surface area contributed by atoms with Crippen LogP contribution in [0, 0.1) is 0 Å². The van der Waals surface area contributed by atoms with Gasteiger partial charge in [0.1, 0.15) is 17.7 Å². The zero-order valence-corrected chi connectivity index (χ0v) is 15.8. The Balaban J connectivity index is 1.42. The summed E-state index contributed by atoms with van der Waals surface area (Å²) in [5.41, 5.74) is 3.04. The van der Waals surface area contributed by atoms with Crippen LogP contribution in [0.2, 0.25) is 0 Å². The van der Waals surface area contributed by atoms with Crippen LogP contribution in [0.1, 0.15) is 16.2 Å². The van der Waals surface area contributed by atoms with Gasteiger partial charge in [-0.05, 0) is 24.3 Å². The molecule has 1 unspecified atom stereocenters. The van der Waals surface area contributed by atoms with Crippen molar-refractivity contribution in [1.29, 1.82) is 0 Å². The van der Waals surface area contributed by atoms with Gasteiger partial charge in [-0.1, -0.05) is 12.1 Å². The minimum atomic E-state index is -0.420. The van der Waals surface area contributed by atoms with Crippen LogP contribution in [0.25, 0.3) is 11.0 Å². The maximum Gasteiger partial charge on any atom is 0.288 e. The number of amidine groups is 1. The number of ether oxygens (including phenoxy) is 2. The van der Waals surface area contributed by atoms with Crippen molar-refractivity contribution < 1.29 is 14.3 Å². The number of aromatic amines is 1. The first-order valence-electron chi connectivity index (χ1n) is 9.07. The van der Waals surface area contributed by atoms with Gasteiger partial charge in [0.25, 0.3) is 5.91 Å². The summed E-state index contributed by atoms with van der Waals surface area (Å²) in [7, 11) is 3.16. The Labute approximate surface area is 166 Å². The molecular formula is C20H18N6O3. The highest BCUT2D eigenvalue weighted by Crippen LogP contribution is 2.42. The number of aliphatic imine (C=N–C) groups is 2. The molecule has 9 nitrogen and oxygen atoms in total. The molecule has 2 aromatic carbocycles. The van der Waals surface area contributed by atoms with Crippen LogP contribution in [0.15, 0.2) is 46.4 Å². The number of hydrogen-bond donors (Lipinski definition) is 2. The van der Waals surface area contributed by atoms with Crippen molar-refractivity contribution in [3.8, 4) is 11.5 Å². The van der Waals surface area contributed by atoms with Gasteiger partial charge in [0, 0.05) is 5.56 Å². The van der Waals surface area contributed by atoms with Crippen LogP contribution in [0.4, 0.5) is 5.69 Å². The highest BCUT2D eigenvalue weighted by Gasteiger charge is 2.32. The van der Waals surface area contributed by atoms with Crippen molar-refractivity contribution in [2.75, 3.05) is 20.8 Å². The number of amides is 1. The number of rotatable bonds is 4. The number of fused-ring (bicyclic) bond motifs is 4. The Morgan fingerprint density at radius 1 is 1.21 bits per heavy atom. The zero-order valence-electron chi connectivity index (χ0n) is 15.8. The summed E-state index contributed by atoms with van der Waals surface area (Å²) in [5.74, 6) is 1.84. The van der Waals surface area contributed by atoms with Gasteiger partial charge in [-0.25, -0.2) is 15.0 Å². The molecule has 3 heterocycles. The van der Waals surface area contributed by atoms with E-state index in [1.54, 1.807) is 20.6 Å². The molecule has 1 aromatic heterocycles. The summed E-state index contributed by atoms with van der Waals surface area (Å²) in [5, 5.41) is 2.91. The van der Waals surface area contributed by atoms with Gasteiger partial charge in [-0.2, -0.15) is 0 Å². The number of nitrogens with zero attached hydrogens (tertiary/aromatic N) is 4. The van der Waals surface area contributed by atoms with Gasteiger partial charge in [-0.15, -0.1) is 0 Å². The molecule has 9 heteroatoms. The number of H-pyrrole nitrogens is 1. The van der Waals surface area contributed by atoms with E-state index in [9.17, 15) is 4.79 Å². The quantitative estimate of drug-likeness (QED) is 0.710. The number of carbonyl (C=O) groups excluding carboxylic acids is 1. The standard InChI is InChI=1S/C20H18N6O3/c1-28-14-8-7-11-16(17(14)29-2)21-10-26-9-15(24-19(11)26)25-20(27)18-22-12-5-3-4-6-13(12)23-18/h3-8,10,15H,9H2,1-2H3,(H,22,23)(H,25,27). The number of benzene rings is 2. The average Bonchev–Trinajstić information content (AvgIpc) is 3.36. The van der Waals surface area contributed by atoms with E-state index in [4.69, 9.17) is 9.47 Å². The van der Waals surface area contributed by atoms with Crippen LogP contribution < -0.4 is 14.8 Å². The van der Waals surface area contributed by atoms with Gasteiger partial charge < -0.3 is 24.7 Å². The lowest BCUT2D eigenvalue weighted by atomic mass is 10.1. The second-order valence-electron chi connectivity index (χ2n) is 6.64. The SMILES string of the molecule is COc1ccc2c(c1OC)N=CN1CC(NC(=O)c3nc4ccccc4[nH]3)N=C21. The molecule has 29 heavy (non-hydrogen) atoms. The fraction of sp³-hybridized carbons (Fsp3) is 0.200. The van der Waals surface area contributed by atoms with Crippen LogP contribution in [0.5, 0.6) is 11.5 Å². The molecule has 3 aromatic rings. The lowest BCUT2D eigenvalue weighted by molar-refractivity contribution is 0.0929. The number of aromatic nitrogens is 2. The van der Waals surface area contributed by atoms with Crippen molar-refractivity contribution in [3.05, 3.63) is 47.8 Å². The van der Waals surface area contributed by atoms with E-state index >= 15 is 0 Å². The predicted molar refractivity (Wildman–Crippen MR) is 108 cm³/mol. The molecule has 146 valence electrons. The molecule has 5 rings (SSSR count). The first-order chi connectivity index (χ1) is 14.2. The maximum absolute atomic E-state index is 12.6. The molecule has 0 radical (unpaired) electrons. The second kappa shape index (κ2) is 6.62. The van der Waals surface area contributed by atoms with Crippen molar-refractivity contribution in [2.45, 2.75) is 6.17 Å². The van der Waals surface area contributed by atoms with Gasteiger partial charge >= 0.3 is 0 Å². The fourth-order valence-corrected chi connectivity index (χ4v) is 3.57. The van der Waals surface area contributed by atoms with E-state index in [0.29, 0.717) is 23.7 Å². The van der Waals surface area contributed by atoms with Gasteiger partial charge in [0.15, 0.2) is 17.3 Å². The molecule has 0 saturated carbocycles. The molecule has 2 aliphatic heterocycles. The Morgan fingerprint density at radius 3 is 2.86 bits per heavy atom. The molecule has 0 bridgehead atoms. The number of para-hydroxylation sites is 2. The lowest BCUT2D eigenvalue weighted by Gasteiger charge is -2.22. The molecule has 0 saturated heterocycles. The number of carbonyl (C=O) groups is 1. The second-order valence-corrected chi connectivity index (χ2v) is 6.64. The van der Waals surface area contributed by atoms with Crippen molar-refractivity contribution in [1.82, 2.24) is 20.2 Å². The molecule has 0 spiro atoms. The number of imidazole rings is 1. The van der Waals surface area contributed by atoms with E-state index in [1.807, 2.05) is 41.3 Å². The van der Waals surface area contributed by atoms with Crippen LogP contribution in [-0.4, -0.2) is 59.9 Å². The largest absolute Gasteiger partial charge is 0.493 e. The average molecular weight is 390 g/mol. The van der Waals surface area contributed by atoms with Gasteiger partial charge in [0.2, 0.25) is 0 Å². The Hall–Kier alpha value is -3.88. The summed E-state index contributed by atoms with van der Waals surface area (Å²) < 4.78 is 10.8. The summed E-state index contributed by atoms with van der Waals surface area (Å²) in [6, 6.07) is 11.2. The van der Waals surface area contributed by atoms with Crippen LogP contribution in [0.3, 0.4) is 0 Å². The fourth-order valence-electron chi connectivity index (χ4n) is 3.57. The summed E-state index contributed by atoms with van der Waals surface area (Å²) in [6.07, 6.45) is 1.27. The topological polar surface area (TPSA) is 104 Å². The molecule has 2 N–H and O–H groups in total. The zero-order chi connectivity index (χ0) is 20.0. The van der Waals surface area contributed by atoms with Gasteiger partial charge in [-0.3, -0.25) is 4.79 Å². The molecule has 0 fully saturated rings. The smallest absolute Gasteiger partial charge is 0.288 e. The van der Waals surface area contributed by atoms with E-state index in [0.717, 1.165) is 22.4 Å². The van der Waals surface area contributed by atoms with E-state index in [2.05, 4.69) is 25.3 Å². The van der Waals surface area contributed by atoms with Crippen molar-refractivity contribution in [2.24, 2.45) is 9.98 Å². The number of nitrogens with one attached hydrogen (secondary N) is 2. The number of methoxy groups -OCH3 is 2. The Kier molecular flexibility index (Phi) is 3.94. The monoisotopic (exact) mass is 390 g/mol. The Morgan fingerprint density at radius 2 is 2.07 bits per heavy atom. The number of hydrogen-bond acceptors (Lipinski definition) is 7. The minimum Gasteiger partial charge on any atom is -0.493 e. The van der Waals surface area contributed by atoms with E-state index in [-0.39, 0.29) is 11.7 Å². The first kappa shape index (κ1) is 17.2. The third kappa shape index (κ3) is 2.78. The third-order valence-corrected chi connectivity index (χ3v) is 4.91. The van der Waals surface area contributed by atoms with E-state index < -0.39 is 6.17 Å². The van der Waals surface area contributed by atoms with Crippen LogP contribution in [-0.2, 0) is 0 Å². The normalized spacial score (nSPS) is 17.0. The molecular weight excluding hydrogens is 372 g/mol. The van der Waals surface area contributed by atoms with E-state index in [1.165, 1.54) is 0 Å². The van der Waals surface area contributed by atoms with Crippen LogP contribution >= 0.6 is 0 Å². The molecule has 1 atom stereocenters. The van der Waals surface area contributed by atoms with Gasteiger partial charge in [0.05, 0.1) is 38.1 Å². The molecule has 1 amide bonds. The molecule has 2 aliphatic rings. The summed E-state index contributed by atoms with van der Waals surface area (Å²) in [4.78, 5) is 31.1.